The van der Waals surface area contributed by atoms with Crippen molar-refractivity contribution in [1.82, 2.24) is 4.98 Å². The van der Waals surface area contributed by atoms with Crippen molar-refractivity contribution in [2.45, 2.75) is 0 Å². The zero-order valence-corrected chi connectivity index (χ0v) is 9.04. The Kier molecular flexibility index (Phi) is 4.74. The summed E-state index contributed by atoms with van der Waals surface area (Å²) >= 11 is 0. The van der Waals surface area contributed by atoms with Gasteiger partial charge in [0.15, 0.2) is 0 Å². The number of rotatable bonds is 0. The molecule has 2 rings (SSSR count). The number of nitriles is 2. The molecule has 1 aromatic heterocycles. The van der Waals surface area contributed by atoms with E-state index in [0.717, 1.165) is 0 Å². The molecule has 2 N–H and O–H groups in total. The number of nitrogen functional groups attached to an aromatic ring is 1. The maximum atomic E-state index is 8.52. The average Bonchev–Trinajstić information content (AvgIpc) is 2.41. The van der Waals surface area contributed by atoms with Crippen molar-refractivity contribution in [1.29, 1.82) is 10.5 Å². The Morgan fingerprint density at radius 1 is 0.941 bits per heavy atom. The van der Waals surface area contributed by atoms with Crippen molar-refractivity contribution >= 4 is 5.69 Å². The van der Waals surface area contributed by atoms with Crippen LogP contribution in [0.1, 0.15) is 11.1 Å². The third-order valence-corrected chi connectivity index (χ3v) is 1.85. The minimum atomic E-state index is 0.326. The molecule has 4 heteroatoms. The largest absolute Gasteiger partial charge is 0.399 e. The van der Waals surface area contributed by atoms with Crippen LogP contribution in [0.15, 0.2) is 48.8 Å². The highest BCUT2D eigenvalue weighted by atomic mass is 14.6. The number of anilines is 1. The van der Waals surface area contributed by atoms with Crippen LogP contribution < -0.4 is 5.73 Å². The summed E-state index contributed by atoms with van der Waals surface area (Å²) in [6, 6.07) is 14.1. The van der Waals surface area contributed by atoms with Crippen molar-refractivity contribution in [3.63, 3.8) is 0 Å². The van der Waals surface area contributed by atoms with E-state index in [9.17, 15) is 0 Å². The molecular weight excluding hydrogens is 212 g/mol. The Morgan fingerprint density at radius 3 is 2.00 bits per heavy atom. The summed E-state index contributed by atoms with van der Waals surface area (Å²) in [7, 11) is 0. The van der Waals surface area contributed by atoms with Crippen LogP contribution in [0, 0.1) is 22.7 Å². The van der Waals surface area contributed by atoms with Gasteiger partial charge in [-0.1, -0.05) is 6.07 Å². The minimum Gasteiger partial charge on any atom is -0.399 e. The molecule has 0 aliphatic carbocycles. The summed E-state index contributed by atoms with van der Waals surface area (Å²) in [6.45, 7) is 0. The lowest BCUT2D eigenvalue weighted by molar-refractivity contribution is 1.33. The van der Waals surface area contributed by atoms with Crippen LogP contribution in [0.5, 0.6) is 0 Å². The molecule has 0 radical (unpaired) electrons. The molecular formula is C13H10N4. The molecule has 0 unspecified atom stereocenters. The standard InChI is InChI=1S/C8H5N3.C5H5N/c9-4-6-1-2-8(11)3-7(6)5-10;1-2-4-6-5-3-1/h1-3H,11H2;1-5H. The fraction of sp³-hybridized carbons (Fsp3) is 0. The first-order valence-corrected chi connectivity index (χ1v) is 4.82. The van der Waals surface area contributed by atoms with Crippen molar-refractivity contribution in [2.24, 2.45) is 0 Å². The Morgan fingerprint density at radius 2 is 1.59 bits per heavy atom. The first-order chi connectivity index (χ1) is 8.27. The second-order valence-corrected chi connectivity index (χ2v) is 3.05. The number of aromatic nitrogens is 1. The molecule has 0 bridgehead atoms. The van der Waals surface area contributed by atoms with E-state index in [1.807, 2.05) is 30.3 Å². The summed E-state index contributed by atoms with van der Waals surface area (Å²) in [4.78, 5) is 3.78. The molecule has 0 atom stereocenters. The molecule has 0 saturated heterocycles. The predicted octanol–water partition coefficient (Wildman–Crippen LogP) is 2.09. The van der Waals surface area contributed by atoms with E-state index in [2.05, 4.69) is 4.98 Å². The second-order valence-electron chi connectivity index (χ2n) is 3.05. The highest BCUT2D eigenvalue weighted by Gasteiger charge is 1.99. The van der Waals surface area contributed by atoms with Gasteiger partial charge in [0.1, 0.15) is 12.1 Å². The summed E-state index contributed by atoms with van der Waals surface area (Å²) in [5.74, 6) is 0. The van der Waals surface area contributed by atoms with Crippen molar-refractivity contribution in [3.8, 4) is 12.1 Å². The normalized spacial score (nSPS) is 8.12. The van der Waals surface area contributed by atoms with E-state index in [4.69, 9.17) is 16.3 Å². The van der Waals surface area contributed by atoms with Crippen LogP contribution in [-0.2, 0) is 0 Å². The van der Waals surface area contributed by atoms with Crippen molar-refractivity contribution in [3.05, 3.63) is 59.9 Å². The molecule has 1 heterocycles. The maximum absolute atomic E-state index is 8.52. The number of nitrogens with zero attached hydrogens (tertiary/aromatic N) is 3. The summed E-state index contributed by atoms with van der Waals surface area (Å²) in [5.41, 5.74) is 6.59. The van der Waals surface area contributed by atoms with E-state index in [-0.39, 0.29) is 0 Å². The van der Waals surface area contributed by atoms with Gasteiger partial charge in [0.25, 0.3) is 0 Å². The molecule has 2 aromatic rings. The van der Waals surface area contributed by atoms with Crippen LogP contribution >= 0.6 is 0 Å². The van der Waals surface area contributed by atoms with E-state index in [1.54, 1.807) is 18.5 Å². The van der Waals surface area contributed by atoms with Gasteiger partial charge in [-0.3, -0.25) is 4.98 Å². The quantitative estimate of drug-likeness (QED) is 0.691. The second kappa shape index (κ2) is 6.60. The third-order valence-electron chi connectivity index (χ3n) is 1.85. The van der Waals surface area contributed by atoms with E-state index < -0.39 is 0 Å². The van der Waals surface area contributed by atoms with Gasteiger partial charge in [-0.15, -0.1) is 0 Å². The first-order valence-electron chi connectivity index (χ1n) is 4.82. The fourth-order valence-electron chi connectivity index (χ4n) is 1.06. The molecule has 0 amide bonds. The van der Waals surface area contributed by atoms with E-state index in [0.29, 0.717) is 16.8 Å². The predicted molar refractivity (Wildman–Crippen MR) is 64.5 cm³/mol. The molecule has 0 fully saturated rings. The van der Waals surface area contributed by atoms with E-state index in [1.165, 1.54) is 12.1 Å². The Balaban J connectivity index is 0.000000202. The highest BCUT2D eigenvalue weighted by molar-refractivity contribution is 5.53. The summed E-state index contributed by atoms with van der Waals surface area (Å²) in [6.07, 6.45) is 3.50. The average molecular weight is 222 g/mol. The van der Waals surface area contributed by atoms with Gasteiger partial charge in [0.05, 0.1) is 11.1 Å². The molecule has 0 saturated carbocycles. The number of hydrogen-bond acceptors (Lipinski definition) is 4. The maximum Gasteiger partial charge on any atom is 0.101 e. The van der Waals surface area contributed by atoms with E-state index >= 15 is 0 Å². The van der Waals surface area contributed by atoms with Crippen molar-refractivity contribution < 1.29 is 0 Å². The highest BCUT2D eigenvalue weighted by Crippen LogP contribution is 2.10. The van der Waals surface area contributed by atoms with Gasteiger partial charge in [0, 0.05) is 18.1 Å². The summed E-state index contributed by atoms with van der Waals surface area (Å²) < 4.78 is 0. The van der Waals surface area contributed by atoms with Crippen LogP contribution in [0.25, 0.3) is 0 Å². The molecule has 82 valence electrons. The van der Waals surface area contributed by atoms with Gasteiger partial charge in [0.2, 0.25) is 0 Å². The van der Waals surface area contributed by atoms with Crippen LogP contribution in [0.4, 0.5) is 5.69 Å². The molecule has 0 aliphatic rings. The van der Waals surface area contributed by atoms with Gasteiger partial charge in [-0.25, -0.2) is 0 Å². The first kappa shape index (κ1) is 12.2. The lowest BCUT2D eigenvalue weighted by atomic mass is 10.1. The van der Waals surface area contributed by atoms with Gasteiger partial charge < -0.3 is 5.73 Å². The SMILES string of the molecule is N#Cc1ccc(N)cc1C#N.c1ccncc1. The number of benzene rings is 1. The Labute approximate surface area is 99.6 Å². The summed E-state index contributed by atoms with van der Waals surface area (Å²) in [5, 5.41) is 17.0. The van der Waals surface area contributed by atoms with Gasteiger partial charge in [-0.05, 0) is 30.3 Å². The van der Waals surface area contributed by atoms with Crippen LogP contribution in [0.3, 0.4) is 0 Å². The topological polar surface area (TPSA) is 86.5 Å². The molecule has 0 aliphatic heterocycles. The lowest BCUT2D eigenvalue weighted by Gasteiger charge is -1.94. The number of nitrogens with two attached hydrogens (primary N) is 1. The van der Waals surface area contributed by atoms with Crippen LogP contribution in [0.2, 0.25) is 0 Å². The zero-order chi connectivity index (χ0) is 12.5. The molecule has 4 nitrogen and oxygen atoms in total. The molecule has 0 spiro atoms. The number of pyridine rings is 1. The molecule has 1 aromatic carbocycles. The number of hydrogen-bond donors (Lipinski definition) is 1. The smallest absolute Gasteiger partial charge is 0.101 e. The third kappa shape index (κ3) is 4.03. The monoisotopic (exact) mass is 222 g/mol. The van der Waals surface area contributed by atoms with Gasteiger partial charge in [-0.2, -0.15) is 10.5 Å². The Bertz CT molecular complexity index is 523. The van der Waals surface area contributed by atoms with Gasteiger partial charge >= 0.3 is 0 Å². The van der Waals surface area contributed by atoms with Crippen molar-refractivity contribution in [2.75, 3.05) is 5.73 Å². The fourth-order valence-corrected chi connectivity index (χ4v) is 1.06. The lowest BCUT2D eigenvalue weighted by Crippen LogP contribution is -1.88. The molecule has 17 heavy (non-hydrogen) atoms. The Hall–Kier alpha value is -2.85. The van der Waals surface area contributed by atoms with Crippen LogP contribution in [-0.4, -0.2) is 4.98 Å². The minimum absolute atomic E-state index is 0.326. The zero-order valence-electron chi connectivity index (χ0n) is 9.04.